The van der Waals surface area contributed by atoms with E-state index in [2.05, 4.69) is 29.8 Å². The Bertz CT molecular complexity index is 577. The van der Waals surface area contributed by atoms with Crippen LogP contribution in [0.15, 0.2) is 18.2 Å². The smallest absolute Gasteiger partial charge is 0.109 e. The summed E-state index contributed by atoms with van der Waals surface area (Å²) in [4.78, 5) is 4.89. The third kappa shape index (κ3) is 2.59. The number of hydrogen-bond donors (Lipinski definition) is 1. The molecular formula is C17H25N3. The number of para-hydroxylation sites is 1. The Morgan fingerprint density at radius 1 is 1.20 bits per heavy atom. The number of rotatable bonds is 3. The maximum atomic E-state index is 5.83. The second-order valence-corrected chi connectivity index (χ2v) is 6.14. The first-order valence-corrected chi connectivity index (χ1v) is 7.93. The number of benzene rings is 1. The molecule has 3 nitrogen and oxygen atoms in total. The van der Waals surface area contributed by atoms with E-state index >= 15 is 0 Å². The normalized spacial score (nSPS) is 17.5. The maximum Gasteiger partial charge on any atom is 0.109 e. The molecule has 1 aliphatic carbocycles. The number of hydrogen-bond acceptors (Lipinski definition) is 2. The van der Waals surface area contributed by atoms with E-state index in [9.17, 15) is 0 Å². The van der Waals surface area contributed by atoms with E-state index in [1.807, 2.05) is 0 Å². The highest BCUT2D eigenvalue weighted by Crippen LogP contribution is 2.27. The molecule has 0 spiro atoms. The van der Waals surface area contributed by atoms with Gasteiger partial charge in [-0.15, -0.1) is 0 Å². The van der Waals surface area contributed by atoms with Crippen LogP contribution in [-0.4, -0.2) is 9.55 Å². The molecule has 3 heteroatoms. The van der Waals surface area contributed by atoms with E-state index in [0.717, 1.165) is 23.4 Å². The average Bonchev–Trinajstić information content (AvgIpc) is 2.67. The standard InChI is InChI=1S/C17H25N3/c1-20-15-10-6-9-14(12-18)17(15)19-16(20)11-13-7-4-2-3-5-8-13/h6,9-10,13H,2-5,7-8,11-12,18H2,1H3. The molecule has 0 saturated heterocycles. The first kappa shape index (κ1) is 13.6. The first-order valence-electron chi connectivity index (χ1n) is 7.93. The van der Waals surface area contributed by atoms with Crippen LogP contribution in [0.4, 0.5) is 0 Å². The predicted octanol–water partition coefficient (Wildman–Crippen LogP) is 3.54. The fourth-order valence-corrected chi connectivity index (χ4v) is 3.49. The van der Waals surface area contributed by atoms with Gasteiger partial charge in [-0.05, 0) is 17.5 Å². The SMILES string of the molecule is Cn1c(CC2CCCCCC2)nc2c(CN)cccc21. The zero-order chi connectivity index (χ0) is 13.9. The van der Waals surface area contributed by atoms with E-state index in [0.29, 0.717) is 6.54 Å². The molecule has 108 valence electrons. The average molecular weight is 271 g/mol. The van der Waals surface area contributed by atoms with E-state index in [1.165, 1.54) is 49.9 Å². The van der Waals surface area contributed by atoms with Crippen LogP contribution in [0.25, 0.3) is 11.0 Å². The van der Waals surface area contributed by atoms with Gasteiger partial charge in [-0.1, -0.05) is 50.7 Å². The van der Waals surface area contributed by atoms with Crippen LogP contribution >= 0.6 is 0 Å². The van der Waals surface area contributed by atoms with Crippen molar-refractivity contribution < 1.29 is 0 Å². The highest BCUT2D eigenvalue weighted by atomic mass is 15.1. The zero-order valence-corrected chi connectivity index (χ0v) is 12.4. The maximum absolute atomic E-state index is 5.83. The number of imidazole rings is 1. The highest BCUT2D eigenvalue weighted by molar-refractivity contribution is 5.79. The zero-order valence-electron chi connectivity index (χ0n) is 12.4. The fourth-order valence-electron chi connectivity index (χ4n) is 3.49. The van der Waals surface area contributed by atoms with Crippen molar-refractivity contribution in [3.8, 4) is 0 Å². The molecule has 1 fully saturated rings. The Hall–Kier alpha value is -1.35. The molecule has 0 amide bonds. The van der Waals surface area contributed by atoms with E-state index in [4.69, 9.17) is 10.7 Å². The summed E-state index contributed by atoms with van der Waals surface area (Å²) < 4.78 is 2.26. The lowest BCUT2D eigenvalue weighted by Gasteiger charge is -2.13. The van der Waals surface area contributed by atoms with Gasteiger partial charge in [0.15, 0.2) is 0 Å². The van der Waals surface area contributed by atoms with Crippen molar-refractivity contribution in [3.63, 3.8) is 0 Å². The second kappa shape index (κ2) is 5.96. The summed E-state index contributed by atoms with van der Waals surface area (Å²) >= 11 is 0. The van der Waals surface area contributed by atoms with Gasteiger partial charge in [0.1, 0.15) is 5.82 Å². The lowest BCUT2D eigenvalue weighted by atomic mass is 9.96. The predicted molar refractivity (Wildman–Crippen MR) is 83.5 cm³/mol. The molecule has 1 aliphatic rings. The Balaban J connectivity index is 1.89. The van der Waals surface area contributed by atoms with Gasteiger partial charge in [0, 0.05) is 20.0 Å². The van der Waals surface area contributed by atoms with Crippen LogP contribution in [0, 0.1) is 5.92 Å². The molecule has 2 aromatic rings. The lowest BCUT2D eigenvalue weighted by Crippen LogP contribution is -2.08. The van der Waals surface area contributed by atoms with E-state index in [-0.39, 0.29) is 0 Å². The van der Waals surface area contributed by atoms with Crippen LogP contribution in [0.3, 0.4) is 0 Å². The quantitative estimate of drug-likeness (QED) is 0.868. The van der Waals surface area contributed by atoms with Gasteiger partial charge in [0.05, 0.1) is 11.0 Å². The van der Waals surface area contributed by atoms with Gasteiger partial charge in [-0.2, -0.15) is 0 Å². The molecule has 0 bridgehead atoms. The molecule has 1 heterocycles. The minimum Gasteiger partial charge on any atom is -0.331 e. The van der Waals surface area contributed by atoms with E-state index < -0.39 is 0 Å². The van der Waals surface area contributed by atoms with Gasteiger partial charge in [-0.25, -0.2) is 4.98 Å². The number of aromatic nitrogens is 2. The number of fused-ring (bicyclic) bond motifs is 1. The Labute approximate surface area is 121 Å². The summed E-state index contributed by atoms with van der Waals surface area (Å²) in [5.41, 5.74) is 9.31. The number of nitrogens with zero attached hydrogens (tertiary/aromatic N) is 2. The van der Waals surface area contributed by atoms with Crippen LogP contribution in [0.5, 0.6) is 0 Å². The fraction of sp³-hybridized carbons (Fsp3) is 0.588. The molecule has 20 heavy (non-hydrogen) atoms. The Morgan fingerprint density at radius 2 is 1.95 bits per heavy atom. The number of aryl methyl sites for hydroxylation is 1. The van der Waals surface area contributed by atoms with E-state index in [1.54, 1.807) is 0 Å². The van der Waals surface area contributed by atoms with Gasteiger partial charge >= 0.3 is 0 Å². The molecule has 0 radical (unpaired) electrons. The van der Waals surface area contributed by atoms with Crippen molar-refractivity contribution >= 4 is 11.0 Å². The molecular weight excluding hydrogens is 246 g/mol. The molecule has 1 aromatic carbocycles. The molecule has 3 rings (SSSR count). The monoisotopic (exact) mass is 271 g/mol. The van der Waals surface area contributed by atoms with Crippen LogP contribution in [-0.2, 0) is 20.0 Å². The summed E-state index contributed by atoms with van der Waals surface area (Å²) in [5.74, 6) is 2.04. The Morgan fingerprint density at radius 3 is 2.65 bits per heavy atom. The molecule has 1 saturated carbocycles. The highest BCUT2D eigenvalue weighted by Gasteiger charge is 2.17. The van der Waals surface area contributed by atoms with Crippen LogP contribution < -0.4 is 5.73 Å². The van der Waals surface area contributed by atoms with Crippen molar-refractivity contribution in [2.24, 2.45) is 18.7 Å². The lowest BCUT2D eigenvalue weighted by molar-refractivity contribution is 0.444. The van der Waals surface area contributed by atoms with Crippen molar-refractivity contribution in [2.75, 3.05) is 0 Å². The van der Waals surface area contributed by atoms with Crippen molar-refractivity contribution in [3.05, 3.63) is 29.6 Å². The molecule has 1 aromatic heterocycles. The molecule has 2 N–H and O–H groups in total. The summed E-state index contributed by atoms with van der Waals surface area (Å²) in [6, 6.07) is 6.32. The van der Waals surface area contributed by atoms with Crippen LogP contribution in [0.2, 0.25) is 0 Å². The third-order valence-corrected chi connectivity index (χ3v) is 4.75. The van der Waals surface area contributed by atoms with Gasteiger partial charge < -0.3 is 10.3 Å². The van der Waals surface area contributed by atoms with Gasteiger partial charge in [-0.3, -0.25) is 0 Å². The topological polar surface area (TPSA) is 43.8 Å². The van der Waals surface area contributed by atoms with Gasteiger partial charge in [0.25, 0.3) is 0 Å². The van der Waals surface area contributed by atoms with Crippen molar-refractivity contribution in [2.45, 2.75) is 51.5 Å². The van der Waals surface area contributed by atoms with Crippen molar-refractivity contribution in [1.82, 2.24) is 9.55 Å². The number of nitrogens with two attached hydrogens (primary N) is 1. The first-order chi connectivity index (χ1) is 9.79. The summed E-state index contributed by atoms with van der Waals surface area (Å²) in [6.07, 6.45) is 9.47. The summed E-state index contributed by atoms with van der Waals surface area (Å²) in [6.45, 7) is 0.567. The second-order valence-electron chi connectivity index (χ2n) is 6.14. The summed E-state index contributed by atoms with van der Waals surface area (Å²) in [5, 5.41) is 0. The molecule has 0 atom stereocenters. The minimum absolute atomic E-state index is 0.567. The summed E-state index contributed by atoms with van der Waals surface area (Å²) in [7, 11) is 2.14. The van der Waals surface area contributed by atoms with Crippen molar-refractivity contribution in [1.29, 1.82) is 0 Å². The minimum atomic E-state index is 0.567. The Kier molecular flexibility index (Phi) is 4.06. The third-order valence-electron chi connectivity index (χ3n) is 4.75. The largest absolute Gasteiger partial charge is 0.331 e. The van der Waals surface area contributed by atoms with Crippen LogP contribution in [0.1, 0.15) is 49.9 Å². The molecule has 0 unspecified atom stereocenters. The van der Waals surface area contributed by atoms with Gasteiger partial charge in [0.2, 0.25) is 0 Å². The molecule has 0 aliphatic heterocycles.